The molecule has 2 aromatic rings. The van der Waals surface area contributed by atoms with Crippen LogP contribution in [0.5, 0.6) is 0 Å². The molecule has 0 aliphatic heterocycles. The van der Waals surface area contributed by atoms with E-state index in [1.807, 2.05) is 6.07 Å². The van der Waals surface area contributed by atoms with Crippen LogP contribution in [0.15, 0.2) is 46.3 Å². The van der Waals surface area contributed by atoms with Gasteiger partial charge in [0, 0.05) is 4.90 Å². The van der Waals surface area contributed by atoms with Gasteiger partial charge in [-0.2, -0.15) is 5.26 Å². The van der Waals surface area contributed by atoms with Crippen LogP contribution in [-0.2, 0) is 0 Å². The number of nitrogens with one attached hydrogen (secondary N) is 1. The normalized spacial score (nSPS) is 9.87. The molecule has 0 aliphatic rings. The molecule has 2 nitrogen and oxygen atoms in total. The fourth-order valence-electron chi connectivity index (χ4n) is 1.23. The van der Waals surface area contributed by atoms with Crippen molar-refractivity contribution in [2.45, 2.75) is 16.8 Å². The second kappa shape index (κ2) is 4.24. The van der Waals surface area contributed by atoms with Gasteiger partial charge in [-0.3, -0.25) is 0 Å². The maximum atomic E-state index is 8.66. The van der Waals surface area contributed by atoms with E-state index in [0.29, 0.717) is 5.69 Å². The Morgan fingerprint density at radius 3 is 2.47 bits per heavy atom. The lowest BCUT2D eigenvalue weighted by molar-refractivity contribution is 1.17. The van der Waals surface area contributed by atoms with Crippen LogP contribution in [0.2, 0.25) is 0 Å². The van der Waals surface area contributed by atoms with Crippen molar-refractivity contribution in [3.8, 4) is 6.07 Å². The van der Waals surface area contributed by atoms with Gasteiger partial charge in [-0.25, -0.2) is 0 Å². The number of aromatic nitrogens is 1. The molecule has 0 amide bonds. The first-order chi connectivity index (χ1) is 7.28. The van der Waals surface area contributed by atoms with Gasteiger partial charge in [0.1, 0.15) is 11.8 Å². The van der Waals surface area contributed by atoms with Crippen molar-refractivity contribution in [3.05, 3.63) is 47.7 Å². The molecule has 15 heavy (non-hydrogen) atoms. The van der Waals surface area contributed by atoms with Gasteiger partial charge in [0.2, 0.25) is 0 Å². The van der Waals surface area contributed by atoms with Crippen LogP contribution in [-0.4, -0.2) is 4.98 Å². The average Bonchev–Trinajstić information content (AvgIpc) is 2.69. The summed E-state index contributed by atoms with van der Waals surface area (Å²) >= 11 is 1.63. The van der Waals surface area contributed by atoms with Crippen LogP contribution in [0.1, 0.15) is 11.3 Å². The number of nitrogens with zero attached hydrogens (tertiary/aromatic N) is 1. The van der Waals surface area contributed by atoms with Crippen molar-refractivity contribution in [2.75, 3.05) is 0 Å². The Kier molecular flexibility index (Phi) is 2.79. The van der Waals surface area contributed by atoms with Gasteiger partial charge in [0.05, 0.1) is 5.03 Å². The van der Waals surface area contributed by atoms with Crippen molar-refractivity contribution >= 4 is 11.8 Å². The van der Waals surface area contributed by atoms with Gasteiger partial charge in [-0.15, -0.1) is 0 Å². The van der Waals surface area contributed by atoms with E-state index < -0.39 is 0 Å². The molecule has 1 aromatic carbocycles. The second-order valence-electron chi connectivity index (χ2n) is 3.26. The van der Waals surface area contributed by atoms with Gasteiger partial charge in [-0.1, -0.05) is 29.5 Å². The van der Waals surface area contributed by atoms with Gasteiger partial charge >= 0.3 is 0 Å². The van der Waals surface area contributed by atoms with Crippen LogP contribution in [0.25, 0.3) is 0 Å². The van der Waals surface area contributed by atoms with E-state index in [0.717, 1.165) is 5.03 Å². The maximum absolute atomic E-state index is 8.66. The van der Waals surface area contributed by atoms with Gasteiger partial charge in [0.25, 0.3) is 0 Å². The predicted octanol–water partition coefficient (Wildman–Crippen LogP) is 3.35. The molecule has 0 aliphatic carbocycles. The van der Waals surface area contributed by atoms with Crippen molar-refractivity contribution < 1.29 is 0 Å². The summed E-state index contributed by atoms with van der Waals surface area (Å²) in [5, 5.41) is 9.66. The molecule has 0 bridgehead atoms. The number of benzene rings is 1. The zero-order chi connectivity index (χ0) is 10.7. The number of aryl methyl sites for hydroxylation is 1. The summed E-state index contributed by atoms with van der Waals surface area (Å²) in [6, 6.07) is 14.1. The molecule has 1 aromatic heterocycles. The zero-order valence-electron chi connectivity index (χ0n) is 8.32. The Morgan fingerprint density at radius 2 is 1.87 bits per heavy atom. The fourth-order valence-corrected chi connectivity index (χ4v) is 2.06. The minimum absolute atomic E-state index is 0.601. The summed E-state index contributed by atoms with van der Waals surface area (Å²) in [6.07, 6.45) is 0. The molecule has 1 heterocycles. The minimum Gasteiger partial charge on any atom is -0.341 e. The van der Waals surface area contributed by atoms with Crippen LogP contribution in [0.4, 0.5) is 0 Å². The summed E-state index contributed by atoms with van der Waals surface area (Å²) < 4.78 is 0. The average molecular weight is 214 g/mol. The Labute approximate surface area is 92.9 Å². The summed E-state index contributed by atoms with van der Waals surface area (Å²) in [7, 11) is 0. The minimum atomic E-state index is 0.601. The van der Waals surface area contributed by atoms with Crippen molar-refractivity contribution in [1.29, 1.82) is 5.26 Å². The maximum Gasteiger partial charge on any atom is 0.118 e. The van der Waals surface area contributed by atoms with E-state index in [-0.39, 0.29) is 0 Å². The number of hydrogen-bond acceptors (Lipinski definition) is 2. The second-order valence-corrected chi connectivity index (χ2v) is 4.38. The Hall–Kier alpha value is -1.66. The number of H-pyrrole nitrogens is 1. The molecule has 1 N–H and O–H groups in total. The first kappa shape index (κ1) is 9.88. The van der Waals surface area contributed by atoms with E-state index in [2.05, 4.69) is 42.2 Å². The highest BCUT2D eigenvalue weighted by atomic mass is 32.2. The molecule has 74 valence electrons. The lowest BCUT2D eigenvalue weighted by Crippen LogP contribution is -1.76. The molecular weight excluding hydrogens is 204 g/mol. The molecule has 0 spiro atoms. The first-order valence-corrected chi connectivity index (χ1v) is 5.43. The van der Waals surface area contributed by atoms with Crippen LogP contribution >= 0.6 is 11.8 Å². The standard InChI is InChI=1S/C12H10N2S/c1-9-2-5-11(6-3-9)15-12-7-4-10(8-13)14-12/h2-7,14H,1H3. The van der Waals surface area contributed by atoms with Crippen LogP contribution < -0.4 is 0 Å². The molecule has 0 unspecified atom stereocenters. The van der Waals surface area contributed by atoms with E-state index in [9.17, 15) is 0 Å². The third kappa shape index (κ3) is 2.42. The summed E-state index contributed by atoms with van der Waals surface area (Å²) in [4.78, 5) is 4.20. The highest BCUT2D eigenvalue weighted by molar-refractivity contribution is 7.99. The number of nitriles is 1. The van der Waals surface area contributed by atoms with Gasteiger partial charge in [0.15, 0.2) is 0 Å². The number of hydrogen-bond donors (Lipinski definition) is 1. The topological polar surface area (TPSA) is 39.6 Å². The van der Waals surface area contributed by atoms with E-state index >= 15 is 0 Å². The third-order valence-electron chi connectivity index (χ3n) is 2.03. The molecule has 3 heteroatoms. The summed E-state index contributed by atoms with van der Waals surface area (Å²) in [5.41, 5.74) is 1.85. The molecular formula is C12H10N2S. The van der Waals surface area contributed by atoms with E-state index in [1.165, 1.54) is 10.5 Å². The molecule has 0 fully saturated rings. The van der Waals surface area contributed by atoms with Crippen molar-refractivity contribution in [3.63, 3.8) is 0 Å². The van der Waals surface area contributed by atoms with Crippen molar-refractivity contribution in [1.82, 2.24) is 4.98 Å². The van der Waals surface area contributed by atoms with E-state index in [1.54, 1.807) is 17.8 Å². The Bertz CT molecular complexity index is 491. The number of rotatable bonds is 2. The zero-order valence-corrected chi connectivity index (χ0v) is 9.14. The largest absolute Gasteiger partial charge is 0.341 e. The van der Waals surface area contributed by atoms with Gasteiger partial charge < -0.3 is 4.98 Å². The highest BCUT2D eigenvalue weighted by Gasteiger charge is 2.00. The molecule has 0 radical (unpaired) electrons. The lowest BCUT2D eigenvalue weighted by Gasteiger charge is -1.98. The molecule has 0 saturated carbocycles. The molecule has 0 saturated heterocycles. The van der Waals surface area contributed by atoms with Crippen LogP contribution in [0, 0.1) is 18.3 Å². The first-order valence-electron chi connectivity index (χ1n) is 4.61. The third-order valence-corrected chi connectivity index (χ3v) is 2.99. The Morgan fingerprint density at radius 1 is 1.13 bits per heavy atom. The van der Waals surface area contributed by atoms with Gasteiger partial charge in [-0.05, 0) is 31.2 Å². The Balaban J connectivity index is 2.15. The number of aromatic amines is 1. The smallest absolute Gasteiger partial charge is 0.118 e. The summed E-state index contributed by atoms with van der Waals surface area (Å²) in [5.74, 6) is 0. The van der Waals surface area contributed by atoms with Crippen molar-refractivity contribution in [2.24, 2.45) is 0 Å². The molecule has 0 atom stereocenters. The quantitative estimate of drug-likeness (QED) is 0.832. The molecule has 2 rings (SSSR count). The fraction of sp³-hybridized carbons (Fsp3) is 0.0833. The lowest BCUT2D eigenvalue weighted by atomic mass is 10.2. The highest BCUT2D eigenvalue weighted by Crippen LogP contribution is 2.26. The predicted molar refractivity (Wildman–Crippen MR) is 60.8 cm³/mol. The SMILES string of the molecule is Cc1ccc(Sc2ccc(C#N)[nH]2)cc1. The van der Waals surface area contributed by atoms with Crippen LogP contribution in [0.3, 0.4) is 0 Å². The monoisotopic (exact) mass is 214 g/mol. The summed E-state index contributed by atoms with van der Waals surface area (Å²) in [6.45, 7) is 2.07. The van der Waals surface area contributed by atoms with E-state index in [4.69, 9.17) is 5.26 Å².